The molecular formula is C31H43Cl4NO10. The lowest BCUT2D eigenvalue weighted by atomic mass is 9.96. The first-order valence-corrected chi connectivity index (χ1v) is 16.1. The van der Waals surface area contributed by atoms with Crippen molar-refractivity contribution < 1.29 is 47.5 Å². The zero-order valence-corrected chi connectivity index (χ0v) is 29.0. The lowest BCUT2D eigenvalue weighted by molar-refractivity contribution is -0.152. The maximum atomic E-state index is 11.7. The van der Waals surface area contributed by atoms with Gasteiger partial charge in [0.2, 0.25) is 0 Å². The Morgan fingerprint density at radius 3 is 1.72 bits per heavy atom. The normalized spacial score (nSPS) is 18.5. The molecule has 46 heavy (non-hydrogen) atoms. The molecule has 2 aromatic rings. The van der Waals surface area contributed by atoms with Crippen molar-refractivity contribution in [1.82, 2.24) is 5.32 Å². The zero-order chi connectivity index (χ0) is 32.7. The van der Waals surface area contributed by atoms with Crippen LogP contribution < -0.4 is 24.3 Å². The van der Waals surface area contributed by atoms with Gasteiger partial charge in [0.05, 0.1) is 31.8 Å². The number of benzene rings is 2. The minimum atomic E-state index is -0.870. The number of hydrogen-bond acceptors (Lipinski definition) is 11. The fraction of sp³-hybridized carbons (Fsp3) is 0.548. The highest BCUT2D eigenvalue weighted by Crippen LogP contribution is 2.29. The van der Waals surface area contributed by atoms with Crippen molar-refractivity contribution in [2.45, 2.75) is 38.9 Å². The quantitative estimate of drug-likeness (QED) is 0.140. The largest absolute Gasteiger partial charge is 0.490 e. The van der Waals surface area contributed by atoms with Gasteiger partial charge in [0.25, 0.3) is 0 Å². The maximum absolute atomic E-state index is 11.7. The topological polar surface area (TPSA) is 120 Å². The predicted molar refractivity (Wildman–Crippen MR) is 178 cm³/mol. The van der Waals surface area contributed by atoms with Gasteiger partial charge < -0.3 is 43.2 Å². The van der Waals surface area contributed by atoms with E-state index in [1.807, 2.05) is 62.4 Å². The molecule has 2 fully saturated rings. The number of ether oxygens (including phenoxy) is 8. The van der Waals surface area contributed by atoms with Crippen LogP contribution >= 0.6 is 47.2 Å². The molecule has 0 spiro atoms. The second-order valence-electron chi connectivity index (χ2n) is 9.36. The molecule has 0 aliphatic carbocycles. The van der Waals surface area contributed by atoms with Crippen molar-refractivity contribution in [1.29, 1.82) is 0 Å². The number of para-hydroxylation sites is 4. The lowest BCUT2D eigenvalue weighted by Gasteiger charge is -2.28. The standard InChI is InChI=1S/C16H21ClO5.C13H19NO3.C2H2Cl2O2.ClH/c1-2-19-14-5-3-4-6-15(14)21-10-13-9-12(7-8-20-13)16(18)22-11-17;1-2-15-12-5-3-4-6-13(12)17-10-11-9-14-7-8-16-11;3-1-6-2(4)5;/h3-6,12-13H,2,7-11H2,1H3;3-6,11,14H,2,7-10H2,1H3;1H2;1H. The Bertz CT molecular complexity index is 1110. The first-order chi connectivity index (χ1) is 21.9. The fourth-order valence-electron chi connectivity index (χ4n) is 4.21. The number of carbonyl (C=O) groups is 2. The Hall–Kier alpha value is -2.38. The molecule has 0 radical (unpaired) electrons. The summed E-state index contributed by atoms with van der Waals surface area (Å²) in [7, 11) is 0. The summed E-state index contributed by atoms with van der Waals surface area (Å²) in [6, 6.07) is 14.9. The molecular weight excluding hydrogens is 688 g/mol. The van der Waals surface area contributed by atoms with Crippen LogP contribution in [0, 0.1) is 5.92 Å². The molecule has 2 aliphatic heterocycles. The Morgan fingerprint density at radius 2 is 1.28 bits per heavy atom. The van der Waals surface area contributed by atoms with Gasteiger partial charge in [0, 0.05) is 31.3 Å². The molecule has 2 aromatic carbocycles. The van der Waals surface area contributed by atoms with Gasteiger partial charge in [-0.1, -0.05) is 47.5 Å². The van der Waals surface area contributed by atoms with E-state index in [1.165, 1.54) is 0 Å². The number of rotatable bonds is 13. The number of morpholine rings is 1. The minimum Gasteiger partial charge on any atom is -0.490 e. The van der Waals surface area contributed by atoms with Crippen molar-refractivity contribution in [3.8, 4) is 23.0 Å². The molecule has 0 saturated carbocycles. The molecule has 0 aromatic heterocycles. The van der Waals surface area contributed by atoms with Crippen LogP contribution in [0.3, 0.4) is 0 Å². The average molecular weight is 731 g/mol. The second-order valence-corrected chi connectivity index (χ2v) is 10.1. The number of hydrogen-bond donors (Lipinski definition) is 1. The highest BCUT2D eigenvalue weighted by atomic mass is 35.5. The summed E-state index contributed by atoms with van der Waals surface area (Å²) in [6.45, 7) is 9.06. The Kier molecular flexibility index (Phi) is 23.2. The van der Waals surface area contributed by atoms with E-state index in [0.717, 1.165) is 31.2 Å². The molecule has 2 saturated heterocycles. The maximum Gasteiger partial charge on any atom is 0.404 e. The highest BCUT2D eigenvalue weighted by molar-refractivity contribution is 6.61. The highest BCUT2D eigenvalue weighted by Gasteiger charge is 2.29. The molecule has 260 valence electrons. The van der Waals surface area contributed by atoms with Crippen molar-refractivity contribution in [2.75, 3.05) is 64.9 Å². The van der Waals surface area contributed by atoms with Crippen LogP contribution in [-0.2, 0) is 23.7 Å². The fourth-order valence-corrected chi connectivity index (χ4v) is 4.52. The summed E-state index contributed by atoms with van der Waals surface area (Å²) < 4.78 is 42.5. The van der Waals surface area contributed by atoms with E-state index in [4.69, 9.17) is 56.4 Å². The smallest absolute Gasteiger partial charge is 0.404 e. The van der Waals surface area contributed by atoms with Crippen LogP contribution in [0.4, 0.5) is 4.79 Å². The van der Waals surface area contributed by atoms with E-state index in [-0.39, 0.29) is 48.6 Å². The van der Waals surface area contributed by atoms with Gasteiger partial charge in [-0.05, 0) is 51.0 Å². The third-order valence-corrected chi connectivity index (χ3v) is 6.54. The van der Waals surface area contributed by atoms with Gasteiger partial charge in [-0.15, -0.1) is 12.4 Å². The van der Waals surface area contributed by atoms with Crippen LogP contribution in [0.15, 0.2) is 48.5 Å². The molecule has 2 heterocycles. The van der Waals surface area contributed by atoms with E-state index >= 15 is 0 Å². The van der Waals surface area contributed by atoms with Gasteiger partial charge >= 0.3 is 11.4 Å². The van der Waals surface area contributed by atoms with Gasteiger partial charge in [0.1, 0.15) is 19.3 Å². The monoisotopic (exact) mass is 729 g/mol. The molecule has 1 N–H and O–H groups in total. The van der Waals surface area contributed by atoms with Crippen molar-refractivity contribution in [2.24, 2.45) is 5.92 Å². The second kappa shape index (κ2) is 25.7. The SMILES string of the molecule is CCOc1ccccc1OCC1CC(C(=O)OCCl)CCO1.CCOc1ccccc1OCC1CNCCO1.Cl.O=C(Cl)OCCl. The summed E-state index contributed by atoms with van der Waals surface area (Å²) in [6.07, 6.45) is 1.21. The van der Waals surface area contributed by atoms with E-state index in [2.05, 4.69) is 21.7 Å². The van der Waals surface area contributed by atoms with Crippen LogP contribution in [0.5, 0.6) is 23.0 Å². The summed E-state index contributed by atoms with van der Waals surface area (Å²) in [5.74, 6) is 2.51. The van der Waals surface area contributed by atoms with Crippen LogP contribution in [-0.4, -0.2) is 88.5 Å². The van der Waals surface area contributed by atoms with Gasteiger partial charge in [0.15, 0.2) is 35.1 Å². The molecule has 2 aliphatic rings. The van der Waals surface area contributed by atoms with Crippen molar-refractivity contribution >= 4 is 58.6 Å². The number of halogens is 4. The predicted octanol–water partition coefficient (Wildman–Crippen LogP) is 6.43. The Balaban J connectivity index is 0.000000392. The Morgan fingerprint density at radius 1 is 0.783 bits per heavy atom. The van der Waals surface area contributed by atoms with Gasteiger partial charge in [-0.25, -0.2) is 4.79 Å². The first-order valence-electron chi connectivity index (χ1n) is 14.7. The van der Waals surface area contributed by atoms with E-state index in [9.17, 15) is 9.59 Å². The minimum absolute atomic E-state index is 0. The molecule has 3 atom stereocenters. The van der Waals surface area contributed by atoms with Crippen LogP contribution in [0.2, 0.25) is 0 Å². The zero-order valence-electron chi connectivity index (χ0n) is 26.0. The summed E-state index contributed by atoms with van der Waals surface area (Å²) in [5, 5.41) is 3.27. The molecule has 11 nitrogen and oxygen atoms in total. The molecule has 15 heteroatoms. The molecule has 0 bridgehead atoms. The lowest BCUT2D eigenvalue weighted by Crippen LogP contribution is -2.41. The van der Waals surface area contributed by atoms with Gasteiger partial charge in [-0.3, -0.25) is 4.79 Å². The summed E-state index contributed by atoms with van der Waals surface area (Å²) in [5.41, 5.74) is -0.870. The van der Waals surface area contributed by atoms with E-state index in [1.54, 1.807) is 0 Å². The number of carbonyl (C=O) groups excluding carboxylic acids is 2. The molecule has 3 unspecified atom stereocenters. The number of esters is 1. The third-order valence-electron chi connectivity index (χ3n) is 6.22. The van der Waals surface area contributed by atoms with Crippen molar-refractivity contribution in [3.63, 3.8) is 0 Å². The summed E-state index contributed by atoms with van der Waals surface area (Å²) >= 11 is 14.9. The summed E-state index contributed by atoms with van der Waals surface area (Å²) in [4.78, 5) is 21.2. The third kappa shape index (κ3) is 17.0. The van der Waals surface area contributed by atoms with Crippen LogP contribution in [0.1, 0.15) is 26.7 Å². The number of nitrogens with one attached hydrogen (secondary N) is 1. The molecule has 4 rings (SSSR count). The van der Waals surface area contributed by atoms with Crippen molar-refractivity contribution in [3.05, 3.63) is 48.5 Å². The van der Waals surface area contributed by atoms with E-state index in [0.29, 0.717) is 57.4 Å². The van der Waals surface area contributed by atoms with Crippen LogP contribution in [0.25, 0.3) is 0 Å². The average Bonchev–Trinajstić information content (AvgIpc) is 3.05. The molecule has 0 amide bonds. The Labute approximate surface area is 291 Å². The van der Waals surface area contributed by atoms with E-state index < -0.39 is 5.43 Å². The first kappa shape index (κ1) is 41.6. The van der Waals surface area contributed by atoms with Gasteiger partial charge in [-0.2, -0.15) is 0 Å². The number of alkyl halides is 2.